The Kier molecular flexibility index (Phi) is 8.44. The van der Waals surface area contributed by atoms with Crippen LogP contribution in [0.5, 0.6) is 11.5 Å². The molecule has 0 bridgehead atoms. The van der Waals surface area contributed by atoms with Crippen molar-refractivity contribution >= 4 is 11.6 Å². The van der Waals surface area contributed by atoms with E-state index in [0.29, 0.717) is 44.2 Å². The lowest BCUT2D eigenvalue weighted by atomic mass is 10.1. The molecule has 0 fully saturated rings. The minimum Gasteiger partial charge on any atom is -0.493 e. The summed E-state index contributed by atoms with van der Waals surface area (Å²) in [5.41, 5.74) is 5.68. The summed E-state index contributed by atoms with van der Waals surface area (Å²) in [4.78, 5) is 39.9. The number of rotatable bonds is 11. The van der Waals surface area contributed by atoms with Gasteiger partial charge < -0.3 is 15.2 Å². The van der Waals surface area contributed by atoms with Crippen LogP contribution >= 0.6 is 0 Å². The lowest BCUT2D eigenvalue weighted by Crippen LogP contribution is -2.44. The van der Waals surface area contributed by atoms with Crippen molar-refractivity contribution in [2.45, 2.75) is 40.3 Å². The number of benzene rings is 1. The molecule has 1 heterocycles. The zero-order chi connectivity index (χ0) is 23.1. The molecule has 2 N–H and O–H groups in total. The third-order valence-corrected chi connectivity index (χ3v) is 5.06. The molecule has 1 aromatic carbocycles. The highest BCUT2D eigenvalue weighted by atomic mass is 16.5. The van der Waals surface area contributed by atoms with E-state index in [1.54, 1.807) is 7.11 Å². The number of Topliss-reactive ketones (excluding diaryl/α,β-unsaturated/α-hetero) is 1. The topological polar surface area (TPSA) is 109 Å². The highest BCUT2D eigenvalue weighted by molar-refractivity contribution is 6.01. The number of nitrogens with two attached hydrogens (primary N) is 1. The van der Waals surface area contributed by atoms with Crippen LogP contribution < -0.4 is 26.5 Å². The number of aromatic nitrogens is 2. The molecule has 0 spiro atoms. The third kappa shape index (κ3) is 5.35. The van der Waals surface area contributed by atoms with E-state index in [1.807, 2.05) is 43.9 Å². The summed E-state index contributed by atoms with van der Waals surface area (Å²) < 4.78 is 13.2. The van der Waals surface area contributed by atoms with Gasteiger partial charge in [-0.15, -0.1) is 0 Å². The second-order valence-corrected chi connectivity index (χ2v) is 7.20. The number of methoxy groups -OCH3 is 1. The Labute approximate surface area is 182 Å². The molecule has 0 amide bonds. The quantitative estimate of drug-likeness (QED) is 0.538. The van der Waals surface area contributed by atoms with Crippen LogP contribution in [0.2, 0.25) is 0 Å². The smallest absolute Gasteiger partial charge is 0.332 e. The number of carbonyl (C=O) groups excluding carboxylic acids is 1. The average molecular weight is 433 g/mol. The van der Waals surface area contributed by atoms with Gasteiger partial charge in [0.1, 0.15) is 11.4 Å². The van der Waals surface area contributed by atoms with Gasteiger partial charge in [-0.2, -0.15) is 0 Å². The van der Waals surface area contributed by atoms with Crippen molar-refractivity contribution in [2.24, 2.45) is 7.05 Å². The van der Waals surface area contributed by atoms with Crippen LogP contribution in [0, 0.1) is 0 Å². The van der Waals surface area contributed by atoms with Crippen LogP contribution in [-0.4, -0.2) is 46.6 Å². The molecule has 2 aromatic rings. The van der Waals surface area contributed by atoms with Gasteiger partial charge in [0.25, 0.3) is 5.56 Å². The number of hydrogen-bond donors (Lipinski definition) is 1. The van der Waals surface area contributed by atoms with E-state index in [9.17, 15) is 14.4 Å². The Morgan fingerprint density at radius 3 is 2.45 bits per heavy atom. The zero-order valence-electron chi connectivity index (χ0n) is 18.9. The summed E-state index contributed by atoms with van der Waals surface area (Å²) in [6.45, 7) is 7.63. The van der Waals surface area contributed by atoms with Crippen LogP contribution in [0.4, 0.5) is 5.82 Å². The highest BCUT2D eigenvalue weighted by Gasteiger charge is 2.23. The summed E-state index contributed by atoms with van der Waals surface area (Å²) in [6, 6.07) is 5.62. The Morgan fingerprint density at radius 2 is 1.87 bits per heavy atom. The predicted octanol–water partition coefficient (Wildman–Crippen LogP) is 1.65. The first-order valence-corrected chi connectivity index (χ1v) is 10.4. The predicted molar refractivity (Wildman–Crippen MR) is 120 cm³/mol. The molecule has 0 aliphatic rings. The number of nitrogen functional groups attached to an aromatic ring is 1. The molecule has 0 radical (unpaired) electrons. The van der Waals surface area contributed by atoms with Crippen molar-refractivity contribution < 1.29 is 14.3 Å². The minimum atomic E-state index is -0.668. The van der Waals surface area contributed by atoms with Gasteiger partial charge in [0.15, 0.2) is 17.3 Å². The first kappa shape index (κ1) is 24.2. The maximum Gasteiger partial charge on any atom is 0.332 e. The number of carbonyl (C=O) groups is 1. The van der Waals surface area contributed by atoms with E-state index in [0.717, 1.165) is 10.1 Å². The summed E-state index contributed by atoms with van der Waals surface area (Å²) in [5, 5.41) is 0. The average Bonchev–Trinajstić information content (AvgIpc) is 2.76. The molecule has 1 aromatic heterocycles. The highest BCUT2D eigenvalue weighted by Crippen LogP contribution is 2.28. The minimum absolute atomic E-state index is 0.00417. The summed E-state index contributed by atoms with van der Waals surface area (Å²) >= 11 is 0. The van der Waals surface area contributed by atoms with Crippen molar-refractivity contribution in [3.05, 3.63) is 50.2 Å². The van der Waals surface area contributed by atoms with E-state index in [2.05, 4.69) is 0 Å². The second kappa shape index (κ2) is 10.8. The molecular formula is C22H32N4O5. The van der Waals surface area contributed by atoms with E-state index in [4.69, 9.17) is 15.2 Å². The monoisotopic (exact) mass is 432 g/mol. The van der Waals surface area contributed by atoms with Crippen LogP contribution in [0.25, 0.3) is 0 Å². The fourth-order valence-electron chi connectivity index (χ4n) is 3.39. The maximum absolute atomic E-state index is 13.0. The maximum atomic E-state index is 13.0. The first-order valence-electron chi connectivity index (χ1n) is 10.4. The van der Waals surface area contributed by atoms with E-state index in [1.165, 1.54) is 11.6 Å². The van der Waals surface area contributed by atoms with Gasteiger partial charge in [-0.1, -0.05) is 19.9 Å². The van der Waals surface area contributed by atoms with Gasteiger partial charge >= 0.3 is 5.69 Å². The molecule has 9 nitrogen and oxygen atoms in total. The second-order valence-electron chi connectivity index (χ2n) is 7.20. The van der Waals surface area contributed by atoms with Gasteiger partial charge in [0.05, 0.1) is 20.3 Å². The van der Waals surface area contributed by atoms with E-state index < -0.39 is 17.0 Å². The van der Waals surface area contributed by atoms with Gasteiger partial charge in [-0.3, -0.25) is 23.6 Å². The lowest BCUT2D eigenvalue weighted by molar-refractivity contribution is 0.0927. The zero-order valence-corrected chi connectivity index (χ0v) is 18.9. The molecule has 0 atom stereocenters. The van der Waals surface area contributed by atoms with Crippen LogP contribution in [0.15, 0.2) is 27.8 Å². The van der Waals surface area contributed by atoms with Crippen molar-refractivity contribution in [1.29, 1.82) is 0 Å². The number of anilines is 1. The SMILES string of the molecule is CCCn1c(N)c(C(=O)CN(CC)Cc2ccc(OCC)c(OC)c2)c(=O)n(C)c1=O. The normalized spacial score (nSPS) is 11.0. The molecule has 31 heavy (non-hydrogen) atoms. The standard InChI is InChI=1S/C22H32N4O5/c1-6-11-26-20(23)19(21(28)24(4)22(26)29)16(27)14-25(7-2)13-15-9-10-17(31-8-3)18(12-15)30-5/h9-10,12H,6-8,11,13-14,23H2,1-5H3. The van der Waals surface area contributed by atoms with Gasteiger partial charge in [0.2, 0.25) is 0 Å². The molecule has 170 valence electrons. The lowest BCUT2D eigenvalue weighted by Gasteiger charge is -2.21. The summed E-state index contributed by atoms with van der Waals surface area (Å²) in [7, 11) is 2.93. The molecule has 9 heteroatoms. The Bertz CT molecular complexity index is 1040. The molecule has 0 aliphatic carbocycles. The van der Waals surface area contributed by atoms with Gasteiger partial charge in [-0.05, 0) is 37.6 Å². The molecule has 0 unspecified atom stereocenters. The fourth-order valence-corrected chi connectivity index (χ4v) is 3.39. The molecule has 2 rings (SSSR count). The summed E-state index contributed by atoms with van der Waals surface area (Å²) in [6.07, 6.45) is 0.649. The number of likely N-dealkylation sites (N-methyl/N-ethyl adjacent to an activating group) is 1. The number of hydrogen-bond acceptors (Lipinski definition) is 7. The van der Waals surface area contributed by atoms with Crippen LogP contribution in [0.1, 0.15) is 43.1 Å². The van der Waals surface area contributed by atoms with Gasteiger partial charge in [-0.25, -0.2) is 4.79 Å². The third-order valence-electron chi connectivity index (χ3n) is 5.06. The Morgan fingerprint density at radius 1 is 1.16 bits per heavy atom. The van der Waals surface area contributed by atoms with Crippen molar-refractivity contribution in [3.8, 4) is 11.5 Å². The number of ether oxygens (including phenoxy) is 2. The van der Waals surface area contributed by atoms with Crippen molar-refractivity contribution in [3.63, 3.8) is 0 Å². The van der Waals surface area contributed by atoms with E-state index >= 15 is 0 Å². The first-order chi connectivity index (χ1) is 14.8. The molecule has 0 saturated heterocycles. The molecule has 0 saturated carbocycles. The van der Waals surface area contributed by atoms with Gasteiger partial charge in [0, 0.05) is 20.1 Å². The van der Waals surface area contributed by atoms with E-state index in [-0.39, 0.29) is 17.9 Å². The number of nitrogens with zero attached hydrogens (tertiary/aromatic N) is 3. The van der Waals surface area contributed by atoms with Crippen molar-refractivity contribution in [2.75, 3.05) is 32.5 Å². The largest absolute Gasteiger partial charge is 0.493 e. The van der Waals surface area contributed by atoms with Crippen molar-refractivity contribution in [1.82, 2.24) is 14.0 Å². The Balaban J connectivity index is 2.30. The van der Waals surface area contributed by atoms with Crippen LogP contribution in [0.3, 0.4) is 0 Å². The number of ketones is 1. The summed E-state index contributed by atoms with van der Waals surface area (Å²) in [5.74, 6) is 0.787. The van der Waals surface area contributed by atoms with Crippen LogP contribution in [-0.2, 0) is 20.1 Å². The molecule has 0 aliphatic heterocycles. The molecular weight excluding hydrogens is 400 g/mol. The fraction of sp³-hybridized carbons (Fsp3) is 0.500. The Hall–Kier alpha value is -3.07.